The van der Waals surface area contributed by atoms with Crippen LogP contribution in [0.4, 0.5) is 5.00 Å². The molecule has 0 fully saturated rings. The summed E-state index contributed by atoms with van der Waals surface area (Å²) in [5.41, 5.74) is 2.76. The zero-order valence-electron chi connectivity index (χ0n) is 18.2. The average molecular weight is 475 g/mol. The molecule has 4 aromatic rings. The molecule has 0 spiro atoms. The second-order valence-electron chi connectivity index (χ2n) is 7.56. The number of benzene rings is 2. The number of rotatable bonds is 7. The lowest BCUT2D eigenvalue weighted by Gasteiger charge is -2.15. The van der Waals surface area contributed by atoms with Crippen molar-refractivity contribution in [2.24, 2.45) is 0 Å². The number of thiophene rings is 1. The van der Waals surface area contributed by atoms with Crippen molar-refractivity contribution >= 4 is 44.9 Å². The van der Waals surface area contributed by atoms with E-state index in [0.717, 1.165) is 6.42 Å². The van der Waals surface area contributed by atoms with Gasteiger partial charge in [0, 0.05) is 0 Å². The van der Waals surface area contributed by atoms with Gasteiger partial charge in [0.05, 0.1) is 27.9 Å². The Morgan fingerprint density at radius 2 is 1.97 bits per heavy atom. The number of aromatic nitrogens is 2. The van der Waals surface area contributed by atoms with Crippen LogP contribution in [0, 0.1) is 11.3 Å². The van der Waals surface area contributed by atoms with Crippen molar-refractivity contribution in [1.82, 2.24) is 9.55 Å². The second kappa shape index (κ2) is 10.0. The molecule has 166 valence electrons. The van der Waals surface area contributed by atoms with Crippen LogP contribution in [0.5, 0.6) is 0 Å². The zero-order chi connectivity index (χ0) is 23.4. The molecule has 0 bridgehead atoms. The summed E-state index contributed by atoms with van der Waals surface area (Å²) < 4.78 is 1.56. The molecule has 2 heterocycles. The van der Waals surface area contributed by atoms with Crippen LogP contribution < -0.4 is 10.9 Å². The Labute approximate surface area is 199 Å². The van der Waals surface area contributed by atoms with Crippen molar-refractivity contribution in [2.45, 2.75) is 31.3 Å². The first-order valence-corrected chi connectivity index (χ1v) is 12.4. The van der Waals surface area contributed by atoms with Crippen LogP contribution in [0.25, 0.3) is 16.6 Å². The molecule has 0 aliphatic heterocycles. The predicted octanol–water partition coefficient (Wildman–Crippen LogP) is 5.56. The first kappa shape index (κ1) is 22.8. The number of hydrogen-bond donors (Lipinski definition) is 1. The Balaban J connectivity index is 1.67. The maximum absolute atomic E-state index is 13.4. The number of amides is 1. The minimum Gasteiger partial charge on any atom is -0.316 e. The molecule has 0 radical (unpaired) electrons. The van der Waals surface area contributed by atoms with E-state index >= 15 is 0 Å². The Morgan fingerprint density at radius 1 is 1.21 bits per heavy atom. The first-order valence-electron chi connectivity index (χ1n) is 10.5. The van der Waals surface area contributed by atoms with Gasteiger partial charge in [-0.3, -0.25) is 14.2 Å². The maximum Gasteiger partial charge on any atom is 0.266 e. The Hall–Kier alpha value is -3.41. The highest BCUT2D eigenvalue weighted by Crippen LogP contribution is 2.26. The standard InChI is InChI=1S/C25H22N4O2S2/c1-3-16(2)17-8-10-19(11-9-17)29-24(31)20-6-4-5-7-21(20)27-25(29)33-15-22(30)28-23-18(14-26)12-13-32-23/h4-13,16H,3,15H2,1-2H3,(H,28,30). The molecule has 0 aliphatic carbocycles. The van der Waals surface area contributed by atoms with E-state index in [4.69, 9.17) is 5.26 Å². The summed E-state index contributed by atoms with van der Waals surface area (Å²) in [6.07, 6.45) is 1.03. The van der Waals surface area contributed by atoms with Crippen LogP contribution in [0.3, 0.4) is 0 Å². The first-order chi connectivity index (χ1) is 16.0. The fourth-order valence-corrected chi connectivity index (χ4v) is 4.98. The lowest BCUT2D eigenvalue weighted by atomic mass is 9.98. The summed E-state index contributed by atoms with van der Waals surface area (Å²) in [4.78, 5) is 30.6. The molecule has 0 saturated carbocycles. The van der Waals surface area contributed by atoms with Gasteiger partial charge in [0.15, 0.2) is 5.16 Å². The second-order valence-corrected chi connectivity index (χ2v) is 9.42. The number of fused-ring (bicyclic) bond motifs is 1. The minimum absolute atomic E-state index is 0.0541. The normalized spacial score (nSPS) is 11.8. The van der Waals surface area contributed by atoms with Gasteiger partial charge in [0.2, 0.25) is 5.91 Å². The quantitative estimate of drug-likeness (QED) is 0.280. The van der Waals surface area contributed by atoms with Gasteiger partial charge in [-0.25, -0.2) is 4.98 Å². The van der Waals surface area contributed by atoms with Gasteiger partial charge in [-0.2, -0.15) is 5.26 Å². The van der Waals surface area contributed by atoms with E-state index in [9.17, 15) is 9.59 Å². The summed E-state index contributed by atoms with van der Waals surface area (Å²) in [6.45, 7) is 4.32. The molecule has 0 aliphatic rings. The number of carbonyl (C=O) groups excluding carboxylic acids is 1. The topological polar surface area (TPSA) is 87.8 Å². The van der Waals surface area contributed by atoms with Crippen LogP contribution in [-0.4, -0.2) is 21.2 Å². The van der Waals surface area contributed by atoms with Crippen LogP contribution in [0.2, 0.25) is 0 Å². The molecule has 6 nitrogen and oxygen atoms in total. The van der Waals surface area contributed by atoms with Crippen molar-refractivity contribution in [3.63, 3.8) is 0 Å². The molecule has 2 aromatic carbocycles. The van der Waals surface area contributed by atoms with Gasteiger partial charge in [0.1, 0.15) is 11.1 Å². The van der Waals surface area contributed by atoms with E-state index in [0.29, 0.717) is 38.2 Å². The highest BCUT2D eigenvalue weighted by molar-refractivity contribution is 7.99. The summed E-state index contributed by atoms with van der Waals surface area (Å²) >= 11 is 2.49. The average Bonchev–Trinajstić information content (AvgIpc) is 3.29. The van der Waals surface area contributed by atoms with Crippen molar-refractivity contribution in [3.05, 3.63) is 81.5 Å². The van der Waals surface area contributed by atoms with E-state index in [1.165, 1.54) is 28.7 Å². The molecule has 1 amide bonds. The minimum atomic E-state index is -0.264. The van der Waals surface area contributed by atoms with Crippen LogP contribution in [0.1, 0.15) is 37.3 Å². The Kier molecular flexibility index (Phi) is 6.92. The number of nitrogens with one attached hydrogen (secondary N) is 1. The van der Waals surface area contributed by atoms with E-state index in [1.54, 1.807) is 28.1 Å². The lowest BCUT2D eigenvalue weighted by molar-refractivity contribution is -0.113. The largest absolute Gasteiger partial charge is 0.316 e. The van der Waals surface area contributed by atoms with Crippen LogP contribution in [-0.2, 0) is 4.79 Å². The number of nitrogens with zero attached hydrogens (tertiary/aromatic N) is 3. The SMILES string of the molecule is CCC(C)c1ccc(-n2c(SCC(=O)Nc3sccc3C#N)nc3ccccc3c2=O)cc1. The van der Waals surface area contributed by atoms with E-state index in [1.807, 2.05) is 36.4 Å². The van der Waals surface area contributed by atoms with Crippen molar-refractivity contribution in [2.75, 3.05) is 11.1 Å². The highest BCUT2D eigenvalue weighted by atomic mass is 32.2. The van der Waals surface area contributed by atoms with Crippen molar-refractivity contribution in [3.8, 4) is 11.8 Å². The molecular formula is C25H22N4O2S2. The van der Waals surface area contributed by atoms with Gasteiger partial charge in [0.25, 0.3) is 5.56 Å². The summed E-state index contributed by atoms with van der Waals surface area (Å²) in [5, 5.41) is 15.2. The van der Waals surface area contributed by atoms with E-state index in [-0.39, 0.29) is 17.2 Å². The van der Waals surface area contributed by atoms with Gasteiger partial charge in [-0.15, -0.1) is 11.3 Å². The van der Waals surface area contributed by atoms with Gasteiger partial charge >= 0.3 is 0 Å². The summed E-state index contributed by atoms with van der Waals surface area (Å²) in [5.74, 6) is 0.219. The van der Waals surface area contributed by atoms with Crippen molar-refractivity contribution in [1.29, 1.82) is 5.26 Å². The van der Waals surface area contributed by atoms with Gasteiger partial charge in [-0.05, 0) is 53.6 Å². The molecule has 2 aromatic heterocycles. The monoisotopic (exact) mass is 474 g/mol. The van der Waals surface area contributed by atoms with Crippen molar-refractivity contribution < 1.29 is 4.79 Å². The predicted molar refractivity (Wildman–Crippen MR) is 134 cm³/mol. The third kappa shape index (κ3) is 4.85. The number of carbonyl (C=O) groups is 1. The molecular weight excluding hydrogens is 452 g/mol. The Morgan fingerprint density at radius 3 is 2.70 bits per heavy atom. The summed E-state index contributed by atoms with van der Waals surface area (Å²) in [7, 11) is 0. The zero-order valence-corrected chi connectivity index (χ0v) is 19.9. The fraction of sp³-hybridized carbons (Fsp3) is 0.200. The maximum atomic E-state index is 13.4. The molecule has 1 unspecified atom stereocenters. The number of thioether (sulfide) groups is 1. The number of hydrogen-bond acceptors (Lipinski definition) is 6. The Bertz CT molecular complexity index is 1400. The molecule has 33 heavy (non-hydrogen) atoms. The molecule has 8 heteroatoms. The van der Waals surface area contributed by atoms with Crippen LogP contribution >= 0.6 is 23.1 Å². The molecule has 1 N–H and O–H groups in total. The fourth-order valence-electron chi connectivity index (χ4n) is 3.41. The van der Waals surface area contributed by atoms with Gasteiger partial charge < -0.3 is 5.32 Å². The number of anilines is 1. The summed E-state index contributed by atoms with van der Waals surface area (Å²) in [6, 6.07) is 18.8. The molecule has 1 atom stereocenters. The highest BCUT2D eigenvalue weighted by Gasteiger charge is 2.16. The number of nitriles is 1. The molecule has 0 saturated heterocycles. The van der Waals surface area contributed by atoms with E-state index < -0.39 is 0 Å². The van der Waals surface area contributed by atoms with Crippen LogP contribution in [0.15, 0.2) is 69.9 Å². The lowest BCUT2D eigenvalue weighted by Crippen LogP contribution is -2.23. The third-order valence-electron chi connectivity index (χ3n) is 5.45. The van der Waals surface area contributed by atoms with Gasteiger partial charge in [-0.1, -0.05) is 49.9 Å². The number of para-hydroxylation sites is 1. The smallest absolute Gasteiger partial charge is 0.266 e. The van der Waals surface area contributed by atoms with E-state index in [2.05, 4.69) is 30.2 Å². The molecule has 4 rings (SSSR count). The third-order valence-corrected chi connectivity index (χ3v) is 7.22.